The molecule has 0 spiro atoms. The number of fused-ring (bicyclic) bond motifs is 1. The summed E-state index contributed by atoms with van der Waals surface area (Å²) < 4.78 is 5.88. The molecular formula is C16H17NO. The molecule has 92 valence electrons. The smallest absolute Gasteiger partial charge is 0.104 e. The topological polar surface area (TPSA) is 22.1 Å². The minimum absolute atomic E-state index is 0.110. The number of para-hydroxylation sites is 1. The Labute approximate surface area is 107 Å². The van der Waals surface area contributed by atoms with Gasteiger partial charge in [-0.05, 0) is 31.6 Å². The molecule has 0 fully saturated rings. The van der Waals surface area contributed by atoms with E-state index in [9.17, 15) is 0 Å². The van der Waals surface area contributed by atoms with Crippen LogP contribution in [0.1, 0.15) is 32.1 Å². The number of nitrogens with zero attached hydrogens (tertiary/aromatic N) is 1. The summed E-state index contributed by atoms with van der Waals surface area (Å²) in [6.45, 7) is 5.05. The van der Waals surface area contributed by atoms with Crippen LogP contribution in [0.4, 0.5) is 0 Å². The highest BCUT2D eigenvalue weighted by Crippen LogP contribution is 2.30. The largest absolute Gasteiger partial charge is 0.367 e. The Morgan fingerprint density at radius 2 is 1.89 bits per heavy atom. The summed E-state index contributed by atoms with van der Waals surface area (Å²) in [7, 11) is 0. The molecule has 0 saturated heterocycles. The van der Waals surface area contributed by atoms with Crippen LogP contribution in [0.5, 0.6) is 0 Å². The fraction of sp³-hybridized carbons (Fsp3) is 0.312. The molecule has 1 atom stereocenters. The van der Waals surface area contributed by atoms with E-state index in [1.807, 2.05) is 12.1 Å². The van der Waals surface area contributed by atoms with E-state index in [0.29, 0.717) is 0 Å². The summed E-state index contributed by atoms with van der Waals surface area (Å²) in [5, 5.41) is 1.18. The van der Waals surface area contributed by atoms with Crippen LogP contribution in [-0.4, -0.2) is 11.6 Å². The molecule has 0 amide bonds. The SMILES string of the molecule is CC1=C(C)CC(c2ccc3ccccc3n2)OC1. The third kappa shape index (κ3) is 2.04. The minimum Gasteiger partial charge on any atom is -0.367 e. The zero-order valence-electron chi connectivity index (χ0n) is 10.8. The average molecular weight is 239 g/mol. The predicted octanol–water partition coefficient (Wildman–Crippen LogP) is 4.03. The number of hydrogen-bond acceptors (Lipinski definition) is 2. The molecule has 3 rings (SSSR count). The Morgan fingerprint density at radius 3 is 2.72 bits per heavy atom. The van der Waals surface area contributed by atoms with Crippen molar-refractivity contribution in [3.63, 3.8) is 0 Å². The molecule has 0 radical (unpaired) electrons. The van der Waals surface area contributed by atoms with Gasteiger partial charge >= 0.3 is 0 Å². The Morgan fingerprint density at radius 1 is 1.06 bits per heavy atom. The highest BCUT2D eigenvalue weighted by molar-refractivity contribution is 5.78. The van der Waals surface area contributed by atoms with E-state index < -0.39 is 0 Å². The second-order valence-electron chi connectivity index (χ2n) is 4.99. The lowest BCUT2D eigenvalue weighted by Gasteiger charge is -2.24. The Kier molecular flexibility index (Phi) is 2.88. The summed E-state index contributed by atoms with van der Waals surface area (Å²) in [5.74, 6) is 0. The summed E-state index contributed by atoms with van der Waals surface area (Å²) >= 11 is 0. The standard InChI is InChI=1S/C16H17NO/c1-11-9-16(18-10-12(11)2)15-8-7-13-5-3-4-6-14(13)17-15/h3-8,16H,9-10H2,1-2H3. The molecule has 0 aliphatic carbocycles. The van der Waals surface area contributed by atoms with E-state index in [-0.39, 0.29) is 6.10 Å². The van der Waals surface area contributed by atoms with Crippen LogP contribution in [0.25, 0.3) is 10.9 Å². The van der Waals surface area contributed by atoms with Crippen molar-refractivity contribution in [1.82, 2.24) is 4.98 Å². The van der Waals surface area contributed by atoms with Gasteiger partial charge in [0.15, 0.2) is 0 Å². The van der Waals surface area contributed by atoms with Crippen molar-refractivity contribution in [2.45, 2.75) is 26.4 Å². The first-order valence-corrected chi connectivity index (χ1v) is 6.36. The quantitative estimate of drug-likeness (QED) is 0.701. The first kappa shape index (κ1) is 11.4. The maximum atomic E-state index is 5.88. The van der Waals surface area contributed by atoms with E-state index in [2.05, 4.69) is 38.1 Å². The number of aromatic nitrogens is 1. The molecule has 1 aromatic carbocycles. The molecule has 18 heavy (non-hydrogen) atoms. The molecule has 2 heteroatoms. The van der Waals surface area contributed by atoms with E-state index >= 15 is 0 Å². The van der Waals surface area contributed by atoms with Gasteiger partial charge in [0.1, 0.15) is 6.10 Å². The summed E-state index contributed by atoms with van der Waals surface area (Å²) in [6, 6.07) is 12.4. The zero-order valence-corrected chi connectivity index (χ0v) is 10.8. The van der Waals surface area contributed by atoms with Crippen LogP contribution in [-0.2, 0) is 4.74 Å². The van der Waals surface area contributed by atoms with Crippen molar-refractivity contribution >= 4 is 10.9 Å². The summed E-state index contributed by atoms with van der Waals surface area (Å²) in [6.07, 6.45) is 1.07. The van der Waals surface area contributed by atoms with E-state index in [4.69, 9.17) is 9.72 Å². The number of ether oxygens (including phenoxy) is 1. The third-order valence-corrected chi connectivity index (χ3v) is 3.67. The molecule has 2 heterocycles. The Bertz CT molecular complexity index is 615. The van der Waals surface area contributed by atoms with Crippen molar-refractivity contribution in [3.05, 3.63) is 53.2 Å². The maximum absolute atomic E-state index is 5.88. The van der Waals surface area contributed by atoms with Gasteiger partial charge in [0.25, 0.3) is 0 Å². The highest BCUT2D eigenvalue weighted by atomic mass is 16.5. The minimum atomic E-state index is 0.110. The van der Waals surface area contributed by atoms with Gasteiger partial charge in [-0.3, -0.25) is 4.98 Å². The Balaban J connectivity index is 1.96. The van der Waals surface area contributed by atoms with Gasteiger partial charge in [0.2, 0.25) is 0 Å². The first-order chi connectivity index (χ1) is 8.74. The van der Waals surface area contributed by atoms with Gasteiger partial charge in [-0.15, -0.1) is 0 Å². The lowest BCUT2D eigenvalue weighted by Crippen LogP contribution is -2.14. The average Bonchev–Trinajstić information content (AvgIpc) is 2.41. The van der Waals surface area contributed by atoms with Crippen LogP contribution >= 0.6 is 0 Å². The van der Waals surface area contributed by atoms with Crippen LogP contribution in [0, 0.1) is 0 Å². The zero-order chi connectivity index (χ0) is 12.5. The Hall–Kier alpha value is -1.67. The molecule has 1 aliphatic heterocycles. The molecule has 1 unspecified atom stereocenters. The second-order valence-corrected chi connectivity index (χ2v) is 4.99. The van der Waals surface area contributed by atoms with Gasteiger partial charge in [-0.2, -0.15) is 0 Å². The first-order valence-electron chi connectivity index (χ1n) is 6.36. The molecule has 0 saturated carbocycles. The highest BCUT2D eigenvalue weighted by Gasteiger charge is 2.20. The lowest BCUT2D eigenvalue weighted by atomic mass is 9.99. The van der Waals surface area contributed by atoms with Crippen molar-refractivity contribution < 1.29 is 4.74 Å². The molecule has 1 aliphatic rings. The van der Waals surface area contributed by atoms with E-state index in [1.165, 1.54) is 16.5 Å². The fourth-order valence-electron chi connectivity index (χ4n) is 2.31. The fourth-order valence-corrected chi connectivity index (χ4v) is 2.31. The van der Waals surface area contributed by atoms with Gasteiger partial charge in [-0.25, -0.2) is 0 Å². The lowest BCUT2D eigenvalue weighted by molar-refractivity contribution is 0.0550. The van der Waals surface area contributed by atoms with Gasteiger partial charge in [0.05, 0.1) is 17.8 Å². The third-order valence-electron chi connectivity index (χ3n) is 3.67. The van der Waals surface area contributed by atoms with Crippen molar-refractivity contribution in [2.75, 3.05) is 6.61 Å². The maximum Gasteiger partial charge on any atom is 0.104 e. The predicted molar refractivity (Wildman–Crippen MR) is 73.4 cm³/mol. The van der Waals surface area contributed by atoms with Gasteiger partial charge < -0.3 is 4.74 Å². The van der Waals surface area contributed by atoms with Crippen LogP contribution < -0.4 is 0 Å². The summed E-state index contributed by atoms with van der Waals surface area (Å²) in [4.78, 5) is 4.71. The van der Waals surface area contributed by atoms with Crippen LogP contribution in [0.15, 0.2) is 47.5 Å². The number of hydrogen-bond donors (Lipinski definition) is 0. The van der Waals surface area contributed by atoms with E-state index in [1.54, 1.807) is 0 Å². The summed E-state index contributed by atoms with van der Waals surface area (Å²) in [5.41, 5.74) is 4.87. The van der Waals surface area contributed by atoms with Crippen molar-refractivity contribution in [3.8, 4) is 0 Å². The van der Waals surface area contributed by atoms with Crippen molar-refractivity contribution in [2.24, 2.45) is 0 Å². The molecule has 1 aromatic heterocycles. The molecular weight excluding hydrogens is 222 g/mol. The van der Waals surface area contributed by atoms with E-state index in [0.717, 1.165) is 24.2 Å². The second kappa shape index (κ2) is 4.54. The molecule has 0 N–H and O–H groups in total. The molecule has 2 aromatic rings. The monoisotopic (exact) mass is 239 g/mol. The van der Waals surface area contributed by atoms with Gasteiger partial charge in [-0.1, -0.05) is 29.8 Å². The normalized spacial score (nSPS) is 20.4. The molecule has 0 bridgehead atoms. The number of benzene rings is 1. The van der Waals surface area contributed by atoms with Gasteiger partial charge in [0, 0.05) is 11.8 Å². The number of rotatable bonds is 1. The van der Waals surface area contributed by atoms with Crippen LogP contribution in [0.2, 0.25) is 0 Å². The number of pyridine rings is 1. The van der Waals surface area contributed by atoms with Crippen molar-refractivity contribution in [1.29, 1.82) is 0 Å². The molecule has 2 nitrogen and oxygen atoms in total. The van der Waals surface area contributed by atoms with Crippen LogP contribution in [0.3, 0.4) is 0 Å².